The third-order valence-electron chi connectivity index (χ3n) is 1.51. The largest absolute Gasteiger partial charge is 0.459 e. The topological polar surface area (TPSA) is 63.6 Å². The lowest BCUT2D eigenvalue weighted by atomic mass is 10.0. The summed E-state index contributed by atoms with van der Waals surface area (Å²) in [5, 5.41) is 9.13. The molecule has 0 aromatic rings. The van der Waals surface area contributed by atoms with Crippen molar-refractivity contribution in [1.82, 2.24) is 0 Å². The van der Waals surface area contributed by atoms with Crippen molar-refractivity contribution >= 4 is 12.3 Å². The summed E-state index contributed by atoms with van der Waals surface area (Å²) < 4.78 is 4.74. The predicted octanol–water partition coefficient (Wildman–Crippen LogP) is 0.134. The van der Waals surface area contributed by atoms with E-state index in [1.54, 1.807) is 6.92 Å². The van der Waals surface area contributed by atoms with Gasteiger partial charge in [0.1, 0.15) is 12.4 Å². The molecule has 0 unspecified atom stereocenters. The molecule has 0 amide bonds. The average Bonchev–Trinajstić information content (AvgIpc) is 1.98. The van der Waals surface area contributed by atoms with Crippen molar-refractivity contribution < 1.29 is 19.4 Å². The Bertz CT molecular complexity index is 164. The van der Waals surface area contributed by atoms with Gasteiger partial charge in [-0.3, -0.25) is 4.79 Å². The van der Waals surface area contributed by atoms with Crippen LogP contribution in [0.1, 0.15) is 20.8 Å². The molecule has 70 valence electrons. The number of aliphatic hydroxyl groups is 1. The van der Waals surface area contributed by atoms with E-state index in [2.05, 4.69) is 0 Å². The summed E-state index contributed by atoms with van der Waals surface area (Å²) in [5.74, 6) is -0.969. The van der Waals surface area contributed by atoms with E-state index in [0.717, 1.165) is 0 Å². The first-order chi connectivity index (χ1) is 5.49. The molecule has 0 heterocycles. The number of aldehydes is 1. The number of hydrogen-bond acceptors (Lipinski definition) is 4. The third-order valence-corrected chi connectivity index (χ3v) is 1.51. The second kappa shape index (κ2) is 4.87. The van der Waals surface area contributed by atoms with Crippen LogP contribution in [0, 0.1) is 5.92 Å². The van der Waals surface area contributed by atoms with Gasteiger partial charge in [0, 0.05) is 6.92 Å². The molecule has 0 fully saturated rings. The monoisotopic (exact) mass is 174 g/mol. The van der Waals surface area contributed by atoms with Gasteiger partial charge < -0.3 is 14.6 Å². The fourth-order valence-corrected chi connectivity index (χ4v) is 0.914. The van der Waals surface area contributed by atoms with Crippen molar-refractivity contribution in [3.63, 3.8) is 0 Å². The molecule has 0 saturated carbocycles. The number of carbonyl (C=O) groups excluding carboxylic acids is 2. The first-order valence-corrected chi connectivity index (χ1v) is 3.79. The maximum absolute atomic E-state index is 10.5. The van der Waals surface area contributed by atoms with Crippen molar-refractivity contribution in [2.24, 2.45) is 5.92 Å². The highest BCUT2D eigenvalue weighted by Crippen LogP contribution is 2.09. The SMILES string of the molecule is CC(=O)O[C@@H]([C@H](C)C=O)[C@@H](C)O. The van der Waals surface area contributed by atoms with Gasteiger partial charge in [-0.1, -0.05) is 6.92 Å². The Labute approximate surface area is 71.5 Å². The van der Waals surface area contributed by atoms with E-state index >= 15 is 0 Å². The summed E-state index contributed by atoms with van der Waals surface area (Å²) in [4.78, 5) is 20.9. The summed E-state index contributed by atoms with van der Waals surface area (Å²) in [5.41, 5.74) is 0. The molecular weight excluding hydrogens is 160 g/mol. The first-order valence-electron chi connectivity index (χ1n) is 3.79. The maximum Gasteiger partial charge on any atom is 0.303 e. The Morgan fingerprint density at radius 2 is 2.00 bits per heavy atom. The Hall–Kier alpha value is -0.900. The van der Waals surface area contributed by atoms with Crippen LogP contribution in [0.3, 0.4) is 0 Å². The van der Waals surface area contributed by atoms with Crippen LogP contribution >= 0.6 is 0 Å². The number of aliphatic hydroxyl groups excluding tert-OH is 1. The van der Waals surface area contributed by atoms with E-state index in [4.69, 9.17) is 9.84 Å². The van der Waals surface area contributed by atoms with Crippen LogP contribution < -0.4 is 0 Å². The zero-order valence-corrected chi connectivity index (χ0v) is 7.48. The predicted molar refractivity (Wildman–Crippen MR) is 42.5 cm³/mol. The molecule has 0 aliphatic carbocycles. The second-order valence-corrected chi connectivity index (χ2v) is 2.81. The van der Waals surface area contributed by atoms with Crippen LogP contribution in [0.4, 0.5) is 0 Å². The van der Waals surface area contributed by atoms with Crippen LogP contribution in [-0.4, -0.2) is 29.6 Å². The summed E-state index contributed by atoms with van der Waals surface area (Å²) in [6, 6.07) is 0. The molecule has 0 rings (SSSR count). The Kier molecular flexibility index (Phi) is 4.51. The molecule has 0 spiro atoms. The minimum Gasteiger partial charge on any atom is -0.459 e. The highest BCUT2D eigenvalue weighted by molar-refractivity contribution is 5.67. The van der Waals surface area contributed by atoms with E-state index < -0.39 is 24.1 Å². The van der Waals surface area contributed by atoms with Crippen LogP contribution in [-0.2, 0) is 14.3 Å². The van der Waals surface area contributed by atoms with Gasteiger partial charge in [-0.15, -0.1) is 0 Å². The van der Waals surface area contributed by atoms with E-state index in [0.29, 0.717) is 6.29 Å². The molecule has 3 atom stereocenters. The molecule has 0 aliphatic heterocycles. The zero-order chi connectivity index (χ0) is 9.72. The van der Waals surface area contributed by atoms with Crippen molar-refractivity contribution in [3.8, 4) is 0 Å². The highest BCUT2D eigenvalue weighted by Gasteiger charge is 2.24. The average molecular weight is 174 g/mol. The number of carbonyl (C=O) groups is 2. The molecule has 0 radical (unpaired) electrons. The number of esters is 1. The third kappa shape index (κ3) is 3.48. The summed E-state index contributed by atoms with van der Waals surface area (Å²) in [6.07, 6.45) is -0.908. The van der Waals surface area contributed by atoms with Crippen LogP contribution in [0.15, 0.2) is 0 Å². The lowest BCUT2D eigenvalue weighted by Crippen LogP contribution is -2.35. The van der Waals surface area contributed by atoms with E-state index in [-0.39, 0.29) is 0 Å². The van der Waals surface area contributed by atoms with Crippen molar-refractivity contribution in [2.75, 3.05) is 0 Å². The van der Waals surface area contributed by atoms with Crippen LogP contribution in [0.5, 0.6) is 0 Å². The highest BCUT2D eigenvalue weighted by atomic mass is 16.6. The second-order valence-electron chi connectivity index (χ2n) is 2.81. The minimum atomic E-state index is -0.825. The van der Waals surface area contributed by atoms with Crippen molar-refractivity contribution in [3.05, 3.63) is 0 Å². The minimum absolute atomic E-state index is 0.478. The smallest absolute Gasteiger partial charge is 0.303 e. The van der Waals surface area contributed by atoms with Crippen LogP contribution in [0.2, 0.25) is 0 Å². The quantitative estimate of drug-likeness (QED) is 0.486. The van der Waals surface area contributed by atoms with Gasteiger partial charge in [-0.05, 0) is 6.92 Å². The number of rotatable bonds is 4. The van der Waals surface area contributed by atoms with E-state index in [1.807, 2.05) is 0 Å². The summed E-state index contributed by atoms with van der Waals surface area (Å²) in [6.45, 7) is 4.31. The van der Waals surface area contributed by atoms with Crippen molar-refractivity contribution in [1.29, 1.82) is 0 Å². The molecule has 0 aliphatic rings. The van der Waals surface area contributed by atoms with Gasteiger partial charge in [0.2, 0.25) is 0 Å². The Morgan fingerprint density at radius 1 is 1.50 bits per heavy atom. The Morgan fingerprint density at radius 3 is 2.25 bits per heavy atom. The molecule has 1 N–H and O–H groups in total. The molecular formula is C8H14O4. The molecule has 4 heteroatoms. The first kappa shape index (κ1) is 11.1. The lowest BCUT2D eigenvalue weighted by molar-refractivity contribution is -0.156. The van der Waals surface area contributed by atoms with Gasteiger partial charge in [0.05, 0.1) is 12.0 Å². The fraction of sp³-hybridized carbons (Fsp3) is 0.750. The summed E-state index contributed by atoms with van der Waals surface area (Å²) >= 11 is 0. The zero-order valence-electron chi connectivity index (χ0n) is 7.48. The van der Waals surface area contributed by atoms with Gasteiger partial charge in [-0.2, -0.15) is 0 Å². The molecule has 12 heavy (non-hydrogen) atoms. The lowest BCUT2D eigenvalue weighted by Gasteiger charge is -2.21. The maximum atomic E-state index is 10.5. The molecule has 0 aromatic carbocycles. The van der Waals surface area contributed by atoms with Gasteiger partial charge >= 0.3 is 5.97 Å². The van der Waals surface area contributed by atoms with Crippen molar-refractivity contribution in [2.45, 2.75) is 33.0 Å². The van der Waals surface area contributed by atoms with Gasteiger partial charge in [0.15, 0.2) is 0 Å². The summed E-state index contributed by atoms with van der Waals surface area (Å²) in [7, 11) is 0. The normalized spacial score (nSPS) is 17.7. The number of ether oxygens (including phenoxy) is 1. The van der Waals surface area contributed by atoms with Gasteiger partial charge in [0.25, 0.3) is 0 Å². The molecule has 0 bridgehead atoms. The standard InChI is InChI=1S/C8H14O4/c1-5(4-9)8(6(2)10)12-7(3)11/h4-6,8,10H,1-3H3/t5-,6-,8+/m1/s1. The van der Waals surface area contributed by atoms with E-state index in [1.165, 1.54) is 13.8 Å². The molecule has 0 aromatic heterocycles. The van der Waals surface area contributed by atoms with Gasteiger partial charge in [-0.25, -0.2) is 0 Å². The van der Waals surface area contributed by atoms with E-state index in [9.17, 15) is 9.59 Å². The number of hydrogen-bond donors (Lipinski definition) is 1. The molecule has 4 nitrogen and oxygen atoms in total. The fourth-order valence-electron chi connectivity index (χ4n) is 0.914. The van der Waals surface area contributed by atoms with Crippen LogP contribution in [0.25, 0.3) is 0 Å². The molecule has 0 saturated heterocycles. The Balaban J connectivity index is 4.22.